The Morgan fingerprint density at radius 3 is 2.00 bits per heavy atom. The number of anilines is 1. The zero-order valence-electron chi connectivity index (χ0n) is 7.23. The SMILES string of the molecule is CC(C)(C)n1nc(Cl)c(N)c1Cl. The maximum absolute atomic E-state index is 5.89. The van der Waals surface area contributed by atoms with Crippen LogP contribution in [0.3, 0.4) is 0 Å². The summed E-state index contributed by atoms with van der Waals surface area (Å²) in [5.74, 6) is 0. The van der Waals surface area contributed by atoms with Crippen molar-refractivity contribution in [3.63, 3.8) is 0 Å². The molecular weight excluding hydrogens is 197 g/mol. The Hall–Kier alpha value is -0.410. The largest absolute Gasteiger partial charge is 0.394 e. The van der Waals surface area contributed by atoms with Crippen molar-refractivity contribution in [3.8, 4) is 0 Å². The molecule has 0 aliphatic heterocycles. The van der Waals surface area contributed by atoms with E-state index in [0.29, 0.717) is 10.8 Å². The fourth-order valence-corrected chi connectivity index (χ4v) is 1.42. The van der Waals surface area contributed by atoms with E-state index in [0.717, 1.165) is 0 Å². The number of hydrogen-bond donors (Lipinski definition) is 1. The fraction of sp³-hybridized carbons (Fsp3) is 0.571. The summed E-state index contributed by atoms with van der Waals surface area (Å²) < 4.78 is 1.60. The highest BCUT2D eigenvalue weighted by molar-refractivity contribution is 6.37. The first-order chi connectivity index (χ1) is 5.34. The third kappa shape index (κ3) is 1.52. The third-order valence-corrected chi connectivity index (χ3v) is 2.10. The van der Waals surface area contributed by atoms with Crippen LogP contribution in [0.4, 0.5) is 5.69 Å². The van der Waals surface area contributed by atoms with Crippen LogP contribution >= 0.6 is 23.2 Å². The second-order valence-corrected chi connectivity index (χ2v) is 4.29. The molecule has 0 spiro atoms. The minimum absolute atomic E-state index is 0.196. The molecule has 1 rings (SSSR count). The zero-order valence-corrected chi connectivity index (χ0v) is 8.74. The van der Waals surface area contributed by atoms with Gasteiger partial charge in [-0.05, 0) is 20.8 Å². The highest BCUT2D eigenvalue weighted by Gasteiger charge is 2.21. The summed E-state index contributed by atoms with van der Waals surface area (Å²) in [7, 11) is 0. The second kappa shape index (κ2) is 2.82. The van der Waals surface area contributed by atoms with Crippen LogP contribution < -0.4 is 5.73 Å². The Labute approximate surface area is 81.4 Å². The van der Waals surface area contributed by atoms with Crippen LogP contribution in [0.25, 0.3) is 0 Å². The average molecular weight is 208 g/mol. The summed E-state index contributed by atoms with van der Waals surface area (Å²) in [5.41, 5.74) is 5.70. The number of rotatable bonds is 0. The molecule has 0 aliphatic rings. The van der Waals surface area contributed by atoms with Gasteiger partial charge in [-0.2, -0.15) is 5.10 Å². The number of aromatic nitrogens is 2. The van der Waals surface area contributed by atoms with E-state index in [1.807, 2.05) is 20.8 Å². The van der Waals surface area contributed by atoms with Gasteiger partial charge in [-0.3, -0.25) is 0 Å². The zero-order chi connectivity index (χ0) is 9.52. The van der Waals surface area contributed by atoms with Gasteiger partial charge in [0.1, 0.15) is 5.69 Å². The van der Waals surface area contributed by atoms with Crippen LogP contribution in [0.5, 0.6) is 0 Å². The van der Waals surface area contributed by atoms with Crippen LogP contribution in [0.2, 0.25) is 10.3 Å². The summed E-state index contributed by atoms with van der Waals surface area (Å²) in [4.78, 5) is 0. The predicted octanol–water partition coefficient (Wildman–Crippen LogP) is 2.53. The Bertz CT molecular complexity index is 298. The van der Waals surface area contributed by atoms with Crippen molar-refractivity contribution in [2.45, 2.75) is 26.3 Å². The molecule has 0 aromatic carbocycles. The lowest BCUT2D eigenvalue weighted by atomic mass is 10.1. The quantitative estimate of drug-likeness (QED) is 0.711. The molecule has 1 aromatic heterocycles. The number of halogens is 2. The smallest absolute Gasteiger partial charge is 0.175 e. The second-order valence-electron chi connectivity index (χ2n) is 3.58. The highest BCUT2D eigenvalue weighted by Crippen LogP contribution is 2.30. The van der Waals surface area contributed by atoms with Gasteiger partial charge < -0.3 is 5.73 Å². The summed E-state index contributed by atoms with van der Waals surface area (Å²) >= 11 is 11.6. The van der Waals surface area contributed by atoms with E-state index < -0.39 is 0 Å². The van der Waals surface area contributed by atoms with Crippen LogP contribution in [0.1, 0.15) is 20.8 Å². The molecule has 2 N–H and O–H groups in total. The van der Waals surface area contributed by atoms with Crippen molar-refractivity contribution < 1.29 is 0 Å². The van der Waals surface area contributed by atoms with Gasteiger partial charge in [-0.1, -0.05) is 23.2 Å². The van der Waals surface area contributed by atoms with Crippen molar-refractivity contribution >= 4 is 28.9 Å². The topological polar surface area (TPSA) is 43.8 Å². The van der Waals surface area contributed by atoms with Crippen LogP contribution in [-0.2, 0) is 5.54 Å². The van der Waals surface area contributed by atoms with Gasteiger partial charge in [0.25, 0.3) is 0 Å². The molecule has 3 nitrogen and oxygen atoms in total. The molecule has 1 heterocycles. The van der Waals surface area contributed by atoms with E-state index in [-0.39, 0.29) is 10.7 Å². The van der Waals surface area contributed by atoms with E-state index in [1.165, 1.54) is 0 Å². The minimum Gasteiger partial charge on any atom is -0.394 e. The summed E-state index contributed by atoms with van der Waals surface area (Å²) in [6.45, 7) is 5.92. The third-order valence-electron chi connectivity index (χ3n) is 1.45. The molecule has 68 valence electrons. The minimum atomic E-state index is -0.196. The lowest BCUT2D eigenvalue weighted by Gasteiger charge is -2.19. The summed E-state index contributed by atoms with van der Waals surface area (Å²) in [6.07, 6.45) is 0. The number of nitrogen functional groups attached to an aromatic ring is 1. The molecule has 0 amide bonds. The Morgan fingerprint density at radius 1 is 1.33 bits per heavy atom. The van der Waals surface area contributed by atoms with Gasteiger partial charge in [0.15, 0.2) is 10.3 Å². The predicted molar refractivity (Wildman–Crippen MR) is 51.7 cm³/mol. The molecule has 0 radical (unpaired) electrons. The molecule has 0 aliphatic carbocycles. The van der Waals surface area contributed by atoms with E-state index in [2.05, 4.69) is 5.10 Å². The molecule has 0 fully saturated rings. The van der Waals surface area contributed by atoms with Gasteiger partial charge in [0, 0.05) is 0 Å². The first-order valence-electron chi connectivity index (χ1n) is 3.54. The first kappa shape index (κ1) is 9.68. The van der Waals surface area contributed by atoms with Crippen molar-refractivity contribution in [2.75, 3.05) is 5.73 Å². The van der Waals surface area contributed by atoms with Crippen molar-refractivity contribution in [2.24, 2.45) is 0 Å². The van der Waals surface area contributed by atoms with E-state index in [4.69, 9.17) is 28.9 Å². The van der Waals surface area contributed by atoms with Gasteiger partial charge in [0.05, 0.1) is 5.54 Å². The highest BCUT2D eigenvalue weighted by atomic mass is 35.5. The normalized spacial score (nSPS) is 12.1. The van der Waals surface area contributed by atoms with Crippen LogP contribution in [0.15, 0.2) is 0 Å². The number of nitrogens with zero attached hydrogens (tertiary/aromatic N) is 2. The Balaban J connectivity index is 3.28. The van der Waals surface area contributed by atoms with Crippen molar-refractivity contribution in [1.29, 1.82) is 0 Å². The van der Waals surface area contributed by atoms with Crippen molar-refractivity contribution in [1.82, 2.24) is 9.78 Å². The lowest BCUT2D eigenvalue weighted by molar-refractivity contribution is 0.356. The number of hydrogen-bond acceptors (Lipinski definition) is 2. The molecule has 12 heavy (non-hydrogen) atoms. The van der Waals surface area contributed by atoms with E-state index in [1.54, 1.807) is 4.68 Å². The Morgan fingerprint density at radius 2 is 1.83 bits per heavy atom. The maximum Gasteiger partial charge on any atom is 0.175 e. The van der Waals surface area contributed by atoms with E-state index in [9.17, 15) is 0 Å². The lowest BCUT2D eigenvalue weighted by Crippen LogP contribution is -2.23. The summed E-state index contributed by atoms with van der Waals surface area (Å²) in [5, 5.41) is 4.66. The van der Waals surface area contributed by atoms with Gasteiger partial charge in [-0.25, -0.2) is 4.68 Å². The van der Waals surface area contributed by atoms with Crippen molar-refractivity contribution in [3.05, 3.63) is 10.3 Å². The van der Waals surface area contributed by atoms with Crippen LogP contribution in [0, 0.1) is 0 Å². The molecule has 0 atom stereocenters. The summed E-state index contributed by atoms with van der Waals surface area (Å²) in [6, 6.07) is 0. The molecule has 0 saturated carbocycles. The van der Waals surface area contributed by atoms with Gasteiger partial charge >= 0.3 is 0 Å². The molecule has 0 saturated heterocycles. The van der Waals surface area contributed by atoms with E-state index >= 15 is 0 Å². The van der Waals surface area contributed by atoms with Crippen LogP contribution in [-0.4, -0.2) is 9.78 Å². The standard InChI is InChI=1S/C7H11Cl2N3/c1-7(2,3)12-6(9)4(10)5(8)11-12/h10H2,1-3H3. The van der Waals surface area contributed by atoms with Gasteiger partial charge in [-0.15, -0.1) is 0 Å². The molecule has 0 unspecified atom stereocenters. The Kier molecular flexibility index (Phi) is 2.27. The molecule has 1 aromatic rings. The van der Waals surface area contributed by atoms with Gasteiger partial charge in [0.2, 0.25) is 0 Å². The fourth-order valence-electron chi connectivity index (χ4n) is 0.829. The number of nitrogens with two attached hydrogens (primary N) is 1. The maximum atomic E-state index is 5.89. The molecular formula is C7H11Cl2N3. The molecule has 5 heteroatoms. The monoisotopic (exact) mass is 207 g/mol. The first-order valence-corrected chi connectivity index (χ1v) is 4.29. The average Bonchev–Trinajstić information content (AvgIpc) is 2.15. The molecule has 0 bridgehead atoms.